The minimum absolute atomic E-state index is 0.0215. The Morgan fingerprint density at radius 2 is 1.04 bits per heavy atom. The standard InChI is InChI=1S/C42H48O10Si/c1-42(2,3)53(4,5)48-29-34-35(50-38(43)31-20-12-7-13-21-31)36(51-39(44)32-22-14-8-15-23-32)37(52-40(45)33-24-16-9-17-25-33)41(49-34)47-27-26-46-28-30-18-10-6-11-19-30/h6-25,34-37,41H,26-29H2,1-5H3. The van der Waals surface area contributed by atoms with Crippen molar-refractivity contribution in [2.75, 3.05) is 19.8 Å². The molecule has 1 aliphatic rings. The number of hydrogen-bond donors (Lipinski definition) is 0. The van der Waals surface area contributed by atoms with Crippen LogP contribution in [0, 0.1) is 0 Å². The number of rotatable bonds is 15. The molecular weight excluding hydrogens is 693 g/mol. The van der Waals surface area contributed by atoms with Crippen molar-refractivity contribution in [1.29, 1.82) is 0 Å². The molecule has 280 valence electrons. The molecular formula is C42H48O10Si. The fourth-order valence-electron chi connectivity index (χ4n) is 5.34. The zero-order chi connectivity index (χ0) is 37.8. The van der Waals surface area contributed by atoms with Gasteiger partial charge in [0.25, 0.3) is 0 Å². The topological polar surface area (TPSA) is 116 Å². The number of carbonyl (C=O) groups is 3. The van der Waals surface area contributed by atoms with Crippen LogP contribution in [-0.2, 0) is 39.5 Å². The second kappa shape index (κ2) is 18.4. The van der Waals surface area contributed by atoms with Gasteiger partial charge in [-0.3, -0.25) is 0 Å². The number of carbonyl (C=O) groups excluding carboxylic acids is 3. The second-order valence-electron chi connectivity index (χ2n) is 14.2. The molecule has 0 bridgehead atoms. The van der Waals surface area contributed by atoms with E-state index < -0.39 is 56.9 Å². The van der Waals surface area contributed by atoms with E-state index >= 15 is 0 Å². The van der Waals surface area contributed by atoms with E-state index in [1.807, 2.05) is 30.3 Å². The maximum Gasteiger partial charge on any atom is 0.338 e. The smallest absolute Gasteiger partial charge is 0.338 e. The van der Waals surface area contributed by atoms with Gasteiger partial charge in [-0.05, 0) is 60.1 Å². The van der Waals surface area contributed by atoms with Crippen molar-refractivity contribution >= 4 is 26.2 Å². The number of ether oxygens (including phenoxy) is 6. The highest BCUT2D eigenvalue weighted by molar-refractivity contribution is 6.74. The van der Waals surface area contributed by atoms with Crippen molar-refractivity contribution in [1.82, 2.24) is 0 Å². The van der Waals surface area contributed by atoms with Gasteiger partial charge in [0.2, 0.25) is 0 Å². The highest BCUT2D eigenvalue weighted by atomic mass is 28.4. The van der Waals surface area contributed by atoms with Gasteiger partial charge < -0.3 is 32.8 Å². The lowest BCUT2D eigenvalue weighted by Gasteiger charge is -2.45. The first kappa shape index (κ1) is 39.6. The van der Waals surface area contributed by atoms with E-state index in [1.165, 1.54) is 0 Å². The van der Waals surface area contributed by atoms with Gasteiger partial charge >= 0.3 is 17.9 Å². The molecule has 0 amide bonds. The maximum atomic E-state index is 13.8. The third-order valence-corrected chi connectivity index (χ3v) is 13.9. The lowest BCUT2D eigenvalue weighted by Crippen LogP contribution is -2.63. The summed E-state index contributed by atoms with van der Waals surface area (Å²) in [5, 5.41) is -0.156. The zero-order valence-electron chi connectivity index (χ0n) is 30.8. The van der Waals surface area contributed by atoms with E-state index in [0.717, 1.165) is 5.56 Å². The Bertz CT molecular complexity index is 1750. The monoisotopic (exact) mass is 740 g/mol. The van der Waals surface area contributed by atoms with Crippen LogP contribution in [0.3, 0.4) is 0 Å². The summed E-state index contributed by atoms with van der Waals surface area (Å²) in [6, 6.07) is 35.0. The summed E-state index contributed by atoms with van der Waals surface area (Å²) in [6.07, 6.45) is -6.28. The van der Waals surface area contributed by atoms with Gasteiger partial charge in [-0.25, -0.2) is 14.4 Å². The van der Waals surface area contributed by atoms with E-state index in [0.29, 0.717) is 6.61 Å². The van der Waals surface area contributed by atoms with E-state index in [9.17, 15) is 14.4 Å². The van der Waals surface area contributed by atoms with Crippen LogP contribution in [0.25, 0.3) is 0 Å². The van der Waals surface area contributed by atoms with E-state index in [1.54, 1.807) is 91.0 Å². The van der Waals surface area contributed by atoms with Gasteiger partial charge in [0.05, 0.1) is 43.1 Å². The molecule has 1 saturated heterocycles. The Morgan fingerprint density at radius 1 is 0.604 bits per heavy atom. The Labute approximate surface area is 312 Å². The van der Waals surface area contributed by atoms with E-state index in [4.69, 9.17) is 32.8 Å². The van der Waals surface area contributed by atoms with Gasteiger partial charge in [-0.2, -0.15) is 0 Å². The summed E-state index contributed by atoms with van der Waals surface area (Å²) in [6.45, 7) is 11.1. The molecule has 4 aromatic rings. The van der Waals surface area contributed by atoms with E-state index in [2.05, 4.69) is 33.9 Å². The van der Waals surface area contributed by atoms with Gasteiger partial charge in [-0.15, -0.1) is 0 Å². The summed E-state index contributed by atoms with van der Waals surface area (Å²) in [7, 11) is -2.38. The van der Waals surface area contributed by atoms with Crippen molar-refractivity contribution in [2.45, 2.75) is 76.2 Å². The van der Waals surface area contributed by atoms with E-state index in [-0.39, 0.29) is 41.5 Å². The highest BCUT2D eigenvalue weighted by Gasteiger charge is 2.54. The van der Waals surface area contributed by atoms with Crippen LogP contribution in [0.4, 0.5) is 0 Å². The molecule has 5 unspecified atom stereocenters. The van der Waals surface area contributed by atoms with Gasteiger partial charge in [0, 0.05) is 0 Å². The summed E-state index contributed by atoms with van der Waals surface area (Å²) in [5.74, 6) is -2.11. The van der Waals surface area contributed by atoms with Crippen molar-refractivity contribution in [3.8, 4) is 0 Å². The normalized spacial score (nSPS) is 20.3. The summed E-state index contributed by atoms with van der Waals surface area (Å²) >= 11 is 0. The quantitative estimate of drug-likeness (QED) is 0.0521. The molecule has 5 rings (SSSR count). The molecule has 5 atom stereocenters. The summed E-state index contributed by atoms with van der Waals surface area (Å²) in [4.78, 5) is 41.2. The predicted molar refractivity (Wildman–Crippen MR) is 201 cm³/mol. The molecule has 11 heteroatoms. The SMILES string of the molecule is CC(C)(C)[Si](C)(C)OCC1OC(OCCOCc2ccccc2)C(OC(=O)c2ccccc2)C(OC(=O)c2ccccc2)C1OC(=O)c1ccccc1. The fourth-order valence-corrected chi connectivity index (χ4v) is 6.35. The first-order chi connectivity index (χ1) is 25.4. The molecule has 53 heavy (non-hydrogen) atoms. The molecule has 0 saturated carbocycles. The van der Waals surface area contributed by atoms with Crippen LogP contribution in [0.1, 0.15) is 57.4 Å². The Balaban J connectivity index is 1.50. The minimum atomic E-state index is -2.38. The van der Waals surface area contributed by atoms with Gasteiger partial charge in [-0.1, -0.05) is 106 Å². The van der Waals surface area contributed by atoms with Crippen molar-refractivity contribution in [3.05, 3.63) is 144 Å². The highest BCUT2D eigenvalue weighted by Crippen LogP contribution is 2.38. The molecule has 0 spiro atoms. The molecule has 0 radical (unpaired) electrons. The third-order valence-electron chi connectivity index (χ3n) is 9.39. The van der Waals surface area contributed by atoms with Crippen LogP contribution >= 0.6 is 0 Å². The first-order valence-electron chi connectivity index (χ1n) is 17.7. The molecule has 1 heterocycles. The number of hydrogen-bond acceptors (Lipinski definition) is 10. The number of esters is 3. The van der Waals surface area contributed by atoms with Crippen molar-refractivity contribution < 1.29 is 47.2 Å². The van der Waals surface area contributed by atoms with Crippen LogP contribution in [-0.4, -0.2) is 76.8 Å². The summed E-state index contributed by atoms with van der Waals surface area (Å²) in [5.41, 5.74) is 1.78. The zero-order valence-corrected chi connectivity index (χ0v) is 31.8. The molecule has 10 nitrogen and oxygen atoms in total. The Kier molecular flexibility index (Phi) is 13.7. The van der Waals surface area contributed by atoms with Crippen LogP contribution in [0.5, 0.6) is 0 Å². The molecule has 0 aliphatic carbocycles. The number of benzene rings is 4. The lowest BCUT2D eigenvalue weighted by atomic mass is 9.97. The predicted octanol–water partition coefficient (Wildman–Crippen LogP) is 7.64. The molecule has 0 aromatic heterocycles. The minimum Gasteiger partial charge on any atom is -0.452 e. The molecule has 4 aromatic carbocycles. The first-order valence-corrected chi connectivity index (χ1v) is 20.6. The average Bonchev–Trinajstić information content (AvgIpc) is 3.16. The second-order valence-corrected chi connectivity index (χ2v) is 19.0. The van der Waals surface area contributed by atoms with Crippen molar-refractivity contribution in [2.24, 2.45) is 0 Å². The van der Waals surface area contributed by atoms with Crippen LogP contribution in [0.2, 0.25) is 18.1 Å². The Morgan fingerprint density at radius 3 is 1.51 bits per heavy atom. The Hall–Kier alpha value is -4.65. The van der Waals surface area contributed by atoms with Gasteiger partial charge in [0.15, 0.2) is 32.9 Å². The molecule has 1 fully saturated rings. The lowest BCUT2D eigenvalue weighted by molar-refractivity contribution is -0.299. The van der Waals surface area contributed by atoms with Crippen molar-refractivity contribution in [3.63, 3.8) is 0 Å². The summed E-state index contributed by atoms with van der Waals surface area (Å²) < 4.78 is 43.7. The third kappa shape index (κ3) is 10.9. The molecule has 1 aliphatic heterocycles. The van der Waals surface area contributed by atoms with Crippen LogP contribution in [0.15, 0.2) is 121 Å². The van der Waals surface area contributed by atoms with Crippen LogP contribution < -0.4 is 0 Å². The average molecular weight is 741 g/mol. The largest absolute Gasteiger partial charge is 0.452 e. The van der Waals surface area contributed by atoms with Gasteiger partial charge in [0.1, 0.15) is 6.10 Å². The fraction of sp³-hybridized carbons (Fsp3) is 0.357. The molecule has 0 N–H and O–H groups in total. The maximum absolute atomic E-state index is 13.8.